The van der Waals surface area contributed by atoms with Gasteiger partial charge in [-0.15, -0.1) is 0 Å². The first kappa shape index (κ1) is 16.8. The Balaban J connectivity index is 1.80. The van der Waals surface area contributed by atoms with Crippen molar-refractivity contribution in [2.75, 3.05) is 24.3 Å². The van der Waals surface area contributed by atoms with Crippen LogP contribution in [0, 0.1) is 5.41 Å². The number of hydrogen-bond acceptors (Lipinski definition) is 7. The molecular formula is C18H21N7. The fraction of sp³-hybridized carbons (Fsp3) is 0.167. The predicted molar refractivity (Wildman–Crippen MR) is 102 cm³/mol. The molecule has 0 aliphatic heterocycles. The van der Waals surface area contributed by atoms with E-state index in [9.17, 15) is 0 Å². The lowest BCUT2D eigenvalue weighted by Crippen LogP contribution is -2.20. The number of nitrogen functional groups attached to an aromatic ring is 1. The van der Waals surface area contributed by atoms with Crippen LogP contribution in [0.15, 0.2) is 48.7 Å². The first-order chi connectivity index (χ1) is 12.2. The van der Waals surface area contributed by atoms with E-state index in [1.807, 2.05) is 30.3 Å². The first-order valence-electron chi connectivity index (χ1n) is 7.99. The zero-order chi connectivity index (χ0) is 17.6. The van der Waals surface area contributed by atoms with Gasteiger partial charge in [-0.2, -0.15) is 0 Å². The number of nitrogens with one attached hydrogen (secondary N) is 4. The van der Waals surface area contributed by atoms with Crippen LogP contribution < -0.4 is 21.9 Å². The van der Waals surface area contributed by atoms with E-state index in [2.05, 4.69) is 32.1 Å². The average molecular weight is 335 g/mol. The number of rotatable bonds is 7. The predicted octanol–water partition coefficient (Wildman–Crippen LogP) is 2.11. The molecule has 0 amide bonds. The third kappa shape index (κ3) is 3.90. The molecule has 7 nitrogen and oxygen atoms in total. The Morgan fingerprint density at radius 1 is 1.20 bits per heavy atom. The lowest BCUT2D eigenvalue weighted by Gasteiger charge is -2.13. The number of anilines is 2. The second-order valence-electron chi connectivity index (χ2n) is 5.63. The highest BCUT2D eigenvalue weighted by atomic mass is 15.2. The van der Waals surface area contributed by atoms with E-state index in [1.165, 1.54) is 0 Å². The minimum Gasteiger partial charge on any atom is -0.364 e. The monoisotopic (exact) mass is 335 g/mol. The zero-order valence-electron chi connectivity index (χ0n) is 14.0. The molecule has 3 rings (SSSR count). The Morgan fingerprint density at radius 3 is 2.88 bits per heavy atom. The lowest BCUT2D eigenvalue weighted by atomic mass is 10.1. The van der Waals surface area contributed by atoms with E-state index in [-0.39, 0.29) is 0 Å². The summed E-state index contributed by atoms with van der Waals surface area (Å²) in [5, 5.41) is 15.4. The number of hydrazine groups is 1. The Bertz CT molecular complexity index is 891. The van der Waals surface area contributed by atoms with Crippen molar-refractivity contribution < 1.29 is 0 Å². The van der Waals surface area contributed by atoms with Gasteiger partial charge in [0.15, 0.2) is 5.82 Å². The summed E-state index contributed by atoms with van der Waals surface area (Å²) in [4.78, 5) is 8.84. The molecule has 0 radical (unpaired) electrons. The number of likely N-dealkylation sites (N-methyl/N-ethyl adjacent to an activating group) is 1. The highest BCUT2D eigenvalue weighted by molar-refractivity contribution is 5.98. The normalized spacial score (nSPS) is 10.6. The van der Waals surface area contributed by atoms with Crippen LogP contribution in [0.1, 0.15) is 11.3 Å². The highest BCUT2D eigenvalue weighted by Crippen LogP contribution is 2.20. The summed E-state index contributed by atoms with van der Waals surface area (Å²) in [6, 6.07) is 13.7. The van der Waals surface area contributed by atoms with Gasteiger partial charge in [0.1, 0.15) is 0 Å². The van der Waals surface area contributed by atoms with Crippen molar-refractivity contribution in [2.24, 2.45) is 5.84 Å². The molecule has 0 bridgehead atoms. The smallest absolute Gasteiger partial charge is 0.151 e. The van der Waals surface area contributed by atoms with Crippen LogP contribution in [0.3, 0.4) is 0 Å². The summed E-state index contributed by atoms with van der Waals surface area (Å²) in [7, 11) is 1.80. The second kappa shape index (κ2) is 7.69. The second-order valence-corrected chi connectivity index (χ2v) is 5.63. The molecule has 0 atom stereocenters. The van der Waals surface area contributed by atoms with Gasteiger partial charge in [0.05, 0.1) is 22.6 Å². The van der Waals surface area contributed by atoms with Crippen LogP contribution in [-0.4, -0.2) is 29.3 Å². The minimum absolute atomic E-state index is 0.422. The van der Waals surface area contributed by atoms with Crippen molar-refractivity contribution in [3.05, 3.63) is 59.9 Å². The molecule has 0 aliphatic rings. The number of nitrogens with two attached hydrogens (primary N) is 1. The van der Waals surface area contributed by atoms with Crippen LogP contribution >= 0.6 is 0 Å². The lowest BCUT2D eigenvalue weighted by molar-refractivity contribution is 0.937. The minimum atomic E-state index is 0.422. The van der Waals surface area contributed by atoms with E-state index >= 15 is 0 Å². The van der Waals surface area contributed by atoms with Gasteiger partial charge in [-0.05, 0) is 42.9 Å². The Hall–Kier alpha value is -3.03. The molecule has 3 aromatic rings. The topological polar surface area (TPSA) is 112 Å². The molecule has 0 fully saturated rings. The van der Waals surface area contributed by atoms with Gasteiger partial charge < -0.3 is 21.5 Å². The van der Waals surface area contributed by atoms with Crippen molar-refractivity contribution in [3.8, 4) is 0 Å². The molecule has 0 spiro atoms. The van der Waals surface area contributed by atoms with Gasteiger partial charge in [-0.1, -0.05) is 12.1 Å². The molecule has 2 aromatic heterocycles. The number of aromatic nitrogens is 2. The van der Waals surface area contributed by atoms with Crippen molar-refractivity contribution in [1.82, 2.24) is 15.3 Å². The molecule has 0 unspecified atom stereocenters. The third-order valence-corrected chi connectivity index (χ3v) is 3.84. The van der Waals surface area contributed by atoms with Crippen molar-refractivity contribution in [1.29, 1.82) is 5.41 Å². The number of benzene rings is 1. The van der Waals surface area contributed by atoms with Gasteiger partial charge in [0.2, 0.25) is 0 Å². The summed E-state index contributed by atoms with van der Waals surface area (Å²) < 4.78 is 0. The molecular weight excluding hydrogens is 314 g/mol. The maximum atomic E-state index is 8.03. The Labute approximate surface area is 146 Å². The zero-order valence-corrected chi connectivity index (χ0v) is 14.0. The summed E-state index contributed by atoms with van der Waals surface area (Å²) in [6.07, 6.45) is 1.79. The van der Waals surface area contributed by atoms with Crippen molar-refractivity contribution in [3.63, 3.8) is 0 Å². The molecule has 2 heterocycles. The van der Waals surface area contributed by atoms with E-state index in [4.69, 9.17) is 11.3 Å². The number of nitrogens with zero attached hydrogens (tertiary/aromatic N) is 2. The summed E-state index contributed by atoms with van der Waals surface area (Å²) in [6.45, 7) is 1.05. The van der Waals surface area contributed by atoms with E-state index < -0.39 is 0 Å². The third-order valence-electron chi connectivity index (χ3n) is 3.84. The Kier molecular flexibility index (Phi) is 5.17. The highest BCUT2D eigenvalue weighted by Gasteiger charge is 2.08. The number of pyridine rings is 2. The largest absolute Gasteiger partial charge is 0.364 e. The van der Waals surface area contributed by atoms with Gasteiger partial charge in [-0.3, -0.25) is 10.8 Å². The van der Waals surface area contributed by atoms with Crippen LogP contribution in [0.25, 0.3) is 10.9 Å². The van der Waals surface area contributed by atoms with E-state index in [0.29, 0.717) is 36.0 Å². The van der Waals surface area contributed by atoms with Crippen LogP contribution in [0.5, 0.6) is 0 Å². The summed E-state index contributed by atoms with van der Waals surface area (Å²) in [5.74, 6) is 6.19. The van der Waals surface area contributed by atoms with Gasteiger partial charge in [0, 0.05) is 24.7 Å². The molecule has 0 saturated carbocycles. The summed E-state index contributed by atoms with van der Waals surface area (Å²) >= 11 is 0. The molecule has 7 heteroatoms. The molecule has 0 saturated heterocycles. The van der Waals surface area contributed by atoms with Crippen LogP contribution in [0.4, 0.5) is 11.5 Å². The molecule has 0 aliphatic carbocycles. The standard InChI is InChI=1S/C18H21N7/c1-21-11-14(19)16-6-7-17(25-20)18(24-16)23-10-12-4-5-15-13(9-12)3-2-8-22-15/h2-9,19,21,25H,10-11,20H2,1H3,(H,23,24). The van der Waals surface area contributed by atoms with Gasteiger partial charge >= 0.3 is 0 Å². The average Bonchev–Trinajstić information content (AvgIpc) is 2.66. The molecule has 128 valence electrons. The summed E-state index contributed by atoms with van der Waals surface area (Å²) in [5.41, 5.74) is 6.43. The Morgan fingerprint density at radius 2 is 2.08 bits per heavy atom. The fourth-order valence-corrected chi connectivity index (χ4v) is 2.57. The van der Waals surface area contributed by atoms with Crippen LogP contribution in [0.2, 0.25) is 0 Å². The quantitative estimate of drug-likeness (QED) is 0.257. The van der Waals surface area contributed by atoms with Crippen molar-refractivity contribution >= 4 is 28.1 Å². The van der Waals surface area contributed by atoms with Gasteiger partial charge in [-0.25, -0.2) is 4.98 Å². The molecule has 1 aromatic carbocycles. The van der Waals surface area contributed by atoms with E-state index in [1.54, 1.807) is 19.3 Å². The molecule has 25 heavy (non-hydrogen) atoms. The molecule has 6 N–H and O–H groups in total. The maximum absolute atomic E-state index is 8.03. The van der Waals surface area contributed by atoms with Crippen LogP contribution in [-0.2, 0) is 6.54 Å². The SMILES string of the molecule is CNCC(=N)c1ccc(NN)c(NCc2ccc3ncccc3c2)n1. The first-order valence-corrected chi connectivity index (χ1v) is 7.99. The number of hydrogen-bond donors (Lipinski definition) is 5. The van der Waals surface area contributed by atoms with E-state index in [0.717, 1.165) is 16.5 Å². The maximum Gasteiger partial charge on any atom is 0.151 e. The fourth-order valence-electron chi connectivity index (χ4n) is 2.57. The van der Waals surface area contributed by atoms with Crippen molar-refractivity contribution in [2.45, 2.75) is 6.54 Å². The van der Waals surface area contributed by atoms with Gasteiger partial charge in [0.25, 0.3) is 0 Å². The number of fused-ring (bicyclic) bond motifs is 1.